The fourth-order valence-electron chi connectivity index (χ4n) is 2.43. The van der Waals surface area contributed by atoms with E-state index in [1.54, 1.807) is 15.6 Å². The van der Waals surface area contributed by atoms with Gasteiger partial charge in [-0.05, 0) is 28.1 Å². The third-order valence-corrected chi connectivity index (χ3v) is 4.40. The van der Waals surface area contributed by atoms with Crippen LogP contribution < -0.4 is 5.32 Å². The maximum Gasteiger partial charge on any atom is 0.164 e. The second-order valence-corrected chi connectivity index (χ2v) is 6.24. The molecule has 4 aromatic rings. The Kier molecular flexibility index (Phi) is 3.70. The highest BCUT2D eigenvalue weighted by molar-refractivity contribution is 9.10. The first-order chi connectivity index (χ1) is 11.6. The number of halogens is 2. The number of para-hydroxylation sites is 1. The number of rotatable bonds is 3. The lowest BCUT2D eigenvalue weighted by Crippen LogP contribution is -1.97. The molecule has 0 unspecified atom stereocenters. The molecule has 9 heteroatoms. The first kappa shape index (κ1) is 15.1. The normalized spacial score (nSPS) is 11.1. The zero-order chi connectivity index (χ0) is 16.7. The molecule has 0 radical (unpaired) electrons. The van der Waals surface area contributed by atoms with Gasteiger partial charge in [-0.25, -0.2) is 19.3 Å². The molecule has 0 fully saturated rings. The number of nitrogens with one attached hydrogen (secondary N) is 1. The van der Waals surface area contributed by atoms with Gasteiger partial charge in [0.25, 0.3) is 0 Å². The molecule has 0 bridgehead atoms. The SMILES string of the molecule is Cn1nc(Br)c2c(Nc3cnn(-c4ccccc4Cl)c3)ncnc21. The van der Waals surface area contributed by atoms with E-state index >= 15 is 0 Å². The highest BCUT2D eigenvalue weighted by Crippen LogP contribution is 2.29. The Balaban J connectivity index is 1.72. The monoisotopic (exact) mass is 403 g/mol. The van der Waals surface area contributed by atoms with Crippen LogP contribution in [0.15, 0.2) is 47.6 Å². The summed E-state index contributed by atoms with van der Waals surface area (Å²) >= 11 is 9.65. The van der Waals surface area contributed by atoms with Crippen molar-refractivity contribution in [1.82, 2.24) is 29.5 Å². The first-order valence-electron chi connectivity index (χ1n) is 7.03. The van der Waals surface area contributed by atoms with E-state index in [0.717, 1.165) is 22.4 Å². The second kappa shape index (κ2) is 5.88. The fraction of sp³-hybridized carbons (Fsp3) is 0.0667. The number of benzene rings is 1. The molecule has 120 valence electrons. The molecule has 0 spiro atoms. The Labute approximate surface area is 150 Å². The Bertz CT molecular complexity index is 1040. The average molecular weight is 405 g/mol. The van der Waals surface area contributed by atoms with Crippen LogP contribution in [0.25, 0.3) is 16.7 Å². The Hall–Kier alpha value is -2.45. The second-order valence-electron chi connectivity index (χ2n) is 5.09. The van der Waals surface area contributed by atoms with Gasteiger partial charge in [-0.15, -0.1) is 0 Å². The molecule has 3 aromatic heterocycles. The van der Waals surface area contributed by atoms with Crippen LogP contribution in [0.5, 0.6) is 0 Å². The molecule has 1 N–H and O–H groups in total. The maximum absolute atomic E-state index is 6.21. The third kappa shape index (κ3) is 2.53. The summed E-state index contributed by atoms with van der Waals surface area (Å²) in [5.74, 6) is 0.652. The Morgan fingerprint density at radius 3 is 2.88 bits per heavy atom. The average Bonchev–Trinajstić information content (AvgIpc) is 3.14. The lowest BCUT2D eigenvalue weighted by atomic mass is 10.3. The first-order valence-corrected chi connectivity index (χ1v) is 8.20. The highest BCUT2D eigenvalue weighted by atomic mass is 79.9. The van der Waals surface area contributed by atoms with Gasteiger partial charge in [-0.3, -0.25) is 0 Å². The molecule has 24 heavy (non-hydrogen) atoms. The largest absolute Gasteiger partial charge is 0.337 e. The fourth-order valence-corrected chi connectivity index (χ4v) is 3.25. The molecular formula is C15H11BrClN7. The van der Waals surface area contributed by atoms with Gasteiger partial charge in [0.05, 0.1) is 34.2 Å². The van der Waals surface area contributed by atoms with Crippen LogP contribution in [0.4, 0.5) is 11.5 Å². The van der Waals surface area contributed by atoms with Crippen molar-refractivity contribution in [3.05, 3.63) is 52.6 Å². The minimum absolute atomic E-state index is 0.631. The molecule has 1 aromatic carbocycles. The van der Waals surface area contributed by atoms with E-state index in [-0.39, 0.29) is 0 Å². The number of nitrogens with zero attached hydrogens (tertiary/aromatic N) is 6. The number of hydrogen-bond donors (Lipinski definition) is 1. The van der Waals surface area contributed by atoms with E-state index in [9.17, 15) is 0 Å². The van der Waals surface area contributed by atoms with Gasteiger partial charge in [0.15, 0.2) is 5.65 Å². The predicted octanol–water partition coefficient (Wildman–Crippen LogP) is 3.71. The molecule has 0 aliphatic rings. The number of anilines is 2. The van der Waals surface area contributed by atoms with Gasteiger partial charge in [0.2, 0.25) is 0 Å². The molecule has 0 saturated heterocycles. The third-order valence-electron chi connectivity index (χ3n) is 3.52. The van der Waals surface area contributed by atoms with E-state index < -0.39 is 0 Å². The summed E-state index contributed by atoms with van der Waals surface area (Å²) in [5.41, 5.74) is 2.33. The predicted molar refractivity (Wildman–Crippen MR) is 95.9 cm³/mol. The summed E-state index contributed by atoms with van der Waals surface area (Å²) in [6.45, 7) is 0. The van der Waals surface area contributed by atoms with Crippen molar-refractivity contribution < 1.29 is 0 Å². The number of hydrogen-bond acceptors (Lipinski definition) is 5. The van der Waals surface area contributed by atoms with Gasteiger partial charge in [-0.2, -0.15) is 10.2 Å². The number of aryl methyl sites for hydroxylation is 1. The van der Waals surface area contributed by atoms with E-state index in [0.29, 0.717) is 15.4 Å². The smallest absolute Gasteiger partial charge is 0.164 e. The minimum atomic E-state index is 0.631. The number of fused-ring (bicyclic) bond motifs is 1. The van der Waals surface area contributed by atoms with Crippen LogP contribution >= 0.6 is 27.5 Å². The van der Waals surface area contributed by atoms with Crippen LogP contribution in [0.1, 0.15) is 0 Å². The van der Waals surface area contributed by atoms with E-state index in [1.165, 1.54) is 6.33 Å². The molecular weight excluding hydrogens is 394 g/mol. The van der Waals surface area contributed by atoms with Crippen LogP contribution in [0, 0.1) is 0 Å². The van der Waals surface area contributed by atoms with Crippen molar-refractivity contribution >= 4 is 50.1 Å². The van der Waals surface area contributed by atoms with Crippen LogP contribution in [0.3, 0.4) is 0 Å². The zero-order valence-corrected chi connectivity index (χ0v) is 14.8. The minimum Gasteiger partial charge on any atom is -0.337 e. The molecule has 0 amide bonds. The van der Waals surface area contributed by atoms with Gasteiger partial charge in [-0.1, -0.05) is 23.7 Å². The molecule has 3 heterocycles. The van der Waals surface area contributed by atoms with Crippen molar-refractivity contribution in [2.45, 2.75) is 0 Å². The van der Waals surface area contributed by atoms with Crippen LogP contribution in [-0.4, -0.2) is 29.5 Å². The molecule has 4 rings (SSSR count). The summed E-state index contributed by atoms with van der Waals surface area (Å²) in [7, 11) is 1.83. The standard InChI is InChI=1S/C15H11BrClN7/c1-23-15-12(13(16)22-23)14(18-8-19-15)21-9-6-20-24(7-9)11-5-3-2-4-10(11)17/h2-8H,1H3,(H,18,19,21). The van der Waals surface area contributed by atoms with Crippen LogP contribution in [-0.2, 0) is 7.05 Å². The topological polar surface area (TPSA) is 73.5 Å². The van der Waals surface area contributed by atoms with Gasteiger partial charge in [0.1, 0.15) is 16.7 Å². The molecule has 7 nitrogen and oxygen atoms in total. The molecule has 0 atom stereocenters. The van der Waals surface area contributed by atoms with Crippen molar-refractivity contribution in [2.75, 3.05) is 5.32 Å². The summed E-state index contributed by atoms with van der Waals surface area (Å²) in [6.07, 6.45) is 5.05. The summed E-state index contributed by atoms with van der Waals surface area (Å²) in [5, 5.41) is 13.3. The van der Waals surface area contributed by atoms with Crippen LogP contribution in [0.2, 0.25) is 5.02 Å². The van der Waals surface area contributed by atoms with Crippen molar-refractivity contribution in [3.8, 4) is 5.69 Å². The zero-order valence-electron chi connectivity index (χ0n) is 12.5. The van der Waals surface area contributed by atoms with E-state index in [2.05, 4.69) is 41.4 Å². The Morgan fingerprint density at radius 2 is 2.04 bits per heavy atom. The van der Waals surface area contributed by atoms with E-state index in [1.807, 2.05) is 37.5 Å². The van der Waals surface area contributed by atoms with Gasteiger partial charge < -0.3 is 5.32 Å². The number of aromatic nitrogens is 6. The lowest BCUT2D eigenvalue weighted by molar-refractivity contribution is 0.777. The van der Waals surface area contributed by atoms with Crippen molar-refractivity contribution in [1.29, 1.82) is 0 Å². The van der Waals surface area contributed by atoms with Gasteiger partial charge >= 0.3 is 0 Å². The van der Waals surface area contributed by atoms with Crippen molar-refractivity contribution in [3.63, 3.8) is 0 Å². The Morgan fingerprint density at radius 1 is 1.21 bits per heavy atom. The quantitative estimate of drug-likeness (QED) is 0.563. The summed E-state index contributed by atoms with van der Waals surface area (Å²) in [4.78, 5) is 8.56. The molecule has 0 aliphatic heterocycles. The highest BCUT2D eigenvalue weighted by Gasteiger charge is 2.14. The van der Waals surface area contributed by atoms with Crippen molar-refractivity contribution in [2.24, 2.45) is 7.05 Å². The van der Waals surface area contributed by atoms with Gasteiger partial charge in [0, 0.05) is 7.05 Å². The molecule has 0 aliphatic carbocycles. The molecule has 0 saturated carbocycles. The van der Waals surface area contributed by atoms with E-state index in [4.69, 9.17) is 11.6 Å². The maximum atomic E-state index is 6.21. The lowest BCUT2D eigenvalue weighted by Gasteiger charge is -2.04. The summed E-state index contributed by atoms with van der Waals surface area (Å²) < 4.78 is 4.09. The summed E-state index contributed by atoms with van der Waals surface area (Å²) in [6, 6.07) is 7.52.